The van der Waals surface area contributed by atoms with Crippen LogP contribution in [0, 0.1) is 16.7 Å². The van der Waals surface area contributed by atoms with Gasteiger partial charge in [-0.1, -0.05) is 34.6 Å². The van der Waals surface area contributed by atoms with E-state index >= 15 is 0 Å². The van der Waals surface area contributed by atoms with Gasteiger partial charge in [0.1, 0.15) is 0 Å². The summed E-state index contributed by atoms with van der Waals surface area (Å²) in [6.45, 7) is 17.0. The van der Waals surface area contributed by atoms with Crippen LogP contribution in [-0.2, 0) is 0 Å². The molecule has 1 atom stereocenters. The lowest BCUT2D eigenvalue weighted by Gasteiger charge is -2.32. The second kappa shape index (κ2) is 5.13. The molecule has 0 radical (unpaired) electrons. The molecule has 1 heterocycles. The number of nitrogens with one attached hydrogen (secondary N) is 1. The van der Waals surface area contributed by atoms with E-state index in [1.165, 1.54) is 45.4 Å². The van der Waals surface area contributed by atoms with Crippen LogP contribution < -0.4 is 5.32 Å². The molecule has 18 heavy (non-hydrogen) atoms. The largest absolute Gasteiger partial charge is 0.313 e. The molecule has 1 aliphatic heterocycles. The molecule has 1 saturated carbocycles. The average Bonchev–Trinajstić information content (AvgIpc) is 2.94. The van der Waals surface area contributed by atoms with Gasteiger partial charge >= 0.3 is 0 Å². The summed E-state index contributed by atoms with van der Waals surface area (Å²) in [7, 11) is 0. The van der Waals surface area contributed by atoms with Crippen LogP contribution in [0.15, 0.2) is 0 Å². The second-order valence-electron chi connectivity index (χ2n) is 8.41. The van der Waals surface area contributed by atoms with E-state index in [-0.39, 0.29) is 0 Å². The number of likely N-dealkylation sites (tertiary alicyclic amines) is 1. The zero-order valence-corrected chi connectivity index (χ0v) is 13.1. The zero-order chi connectivity index (χ0) is 13.4. The Morgan fingerprint density at radius 3 is 2.22 bits per heavy atom. The minimum atomic E-state index is 0.412. The standard InChI is InChI=1S/C16H32N2/c1-15(2,3)13-8-9-18(10-13)12-16(4,5)11-17-14-6-7-14/h13-14,17H,6-12H2,1-5H3. The predicted octanol–water partition coefficient (Wildman–Crippen LogP) is 3.13. The van der Waals surface area contributed by atoms with E-state index in [0.717, 1.165) is 12.0 Å². The molecule has 0 aromatic carbocycles. The first-order valence-electron chi connectivity index (χ1n) is 7.72. The van der Waals surface area contributed by atoms with Gasteiger partial charge in [-0.05, 0) is 42.6 Å². The molecule has 1 N–H and O–H groups in total. The molecule has 0 amide bonds. The third kappa shape index (κ3) is 4.24. The maximum Gasteiger partial charge on any atom is 0.00684 e. The van der Waals surface area contributed by atoms with Crippen LogP contribution in [0.4, 0.5) is 0 Å². The van der Waals surface area contributed by atoms with Gasteiger partial charge < -0.3 is 10.2 Å². The summed E-state index contributed by atoms with van der Waals surface area (Å²) in [6, 6.07) is 0.838. The highest BCUT2D eigenvalue weighted by atomic mass is 15.2. The highest BCUT2D eigenvalue weighted by molar-refractivity contribution is 4.89. The van der Waals surface area contributed by atoms with Gasteiger partial charge in [0, 0.05) is 25.7 Å². The van der Waals surface area contributed by atoms with Crippen molar-refractivity contribution in [3.05, 3.63) is 0 Å². The Bertz CT molecular complexity index is 273. The van der Waals surface area contributed by atoms with Crippen molar-refractivity contribution in [2.24, 2.45) is 16.7 Å². The molecule has 1 unspecified atom stereocenters. The molecule has 1 saturated heterocycles. The molecule has 0 spiro atoms. The fourth-order valence-electron chi connectivity index (χ4n) is 3.05. The molecule has 0 aromatic heterocycles. The van der Waals surface area contributed by atoms with Gasteiger partial charge in [-0.25, -0.2) is 0 Å². The number of rotatable bonds is 5. The van der Waals surface area contributed by atoms with Gasteiger partial charge in [-0.2, -0.15) is 0 Å². The molecular weight excluding hydrogens is 220 g/mol. The molecule has 2 nitrogen and oxygen atoms in total. The summed E-state index contributed by atoms with van der Waals surface area (Å²) in [5, 5.41) is 3.69. The summed E-state index contributed by atoms with van der Waals surface area (Å²) in [6.07, 6.45) is 4.17. The summed E-state index contributed by atoms with van der Waals surface area (Å²) >= 11 is 0. The van der Waals surface area contributed by atoms with Crippen molar-refractivity contribution in [3.8, 4) is 0 Å². The van der Waals surface area contributed by atoms with E-state index in [1.54, 1.807) is 0 Å². The van der Waals surface area contributed by atoms with Crippen molar-refractivity contribution in [3.63, 3.8) is 0 Å². The van der Waals surface area contributed by atoms with Crippen molar-refractivity contribution in [2.75, 3.05) is 26.2 Å². The first kappa shape index (κ1) is 14.3. The lowest BCUT2D eigenvalue weighted by atomic mass is 9.80. The smallest absolute Gasteiger partial charge is 0.00684 e. The minimum Gasteiger partial charge on any atom is -0.313 e. The second-order valence-corrected chi connectivity index (χ2v) is 8.41. The van der Waals surface area contributed by atoms with E-state index in [1.807, 2.05) is 0 Å². The molecule has 1 aliphatic carbocycles. The fraction of sp³-hybridized carbons (Fsp3) is 1.00. The van der Waals surface area contributed by atoms with Crippen LogP contribution in [0.3, 0.4) is 0 Å². The third-order valence-electron chi connectivity index (χ3n) is 4.60. The Balaban J connectivity index is 1.75. The van der Waals surface area contributed by atoms with Gasteiger partial charge in [0.05, 0.1) is 0 Å². The molecule has 2 aliphatic rings. The Morgan fingerprint density at radius 1 is 1.06 bits per heavy atom. The van der Waals surface area contributed by atoms with Crippen molar-refractivity contribution in [1.82, 2.24) is 10.2 Å². The SMILES string of the molecule is CC(C)(CNC1CC1)CN1CCC(C(C)(C)C)C1. The van der Waals surface area contributed by atoms with E-state index < -0.39 is 0 Å². The van der Waals surface area contributed by atoms with E-state index in [0.29, 0.717) is 10.8 Å². The van der Waals surface area contributed by atoms with E-state index in [9.17, 15) is 0 Å². The molecule has 0 aromatic rings. The van der Waals surface area contributed by atoms with Gasteiger partial charge in [0.15, 0.2) is 0 Å². The summed E-state index contributed by atoms with van der Waals surface area (Å²) in [5.41, 5.74) is 0.889. The van der Waals surface area contributed by atoms with Crippen LogP contribution >= 0.6 is 0 Å². The Kier molecular flexibility index (Phi) is 4.08. The highest BCUT2D eigenvalue weighted by Crippen LogP contribution is 2.34. The Labute approximate surface area is 114 Å². The van der Waals surface area contributed by atoms with Gasteiger partial charge in [-0.15, -0.1) is 0 Å². The molecule has 2 fully saturated rings. The van der Waals surface area contributed by atoms with Crippen LogP contribution in [0.1, 0.15) is 53.9 Å². The van der Waals surface area contributed by atoms with Crippen LogP contribution in [-0.4, -0.2) is 37.1 Å². The summed E-state index contributed by atoms with van der Waals surface area (Å²) in [4.78, 5) is 2.69. The van der Waals surface area contributed by atoms with E-state index in [2.05, 4.69) is 44.8 Å². The third-order valence-corrected chi connectivity index (χ3v) is 4.60. The normalized spacial score (nSPS) is 26.8. The van der Waals surface area contributed by atoms with Crippen molar-refractivity contribution < 1.29 is 0 Å². The monoisotopic (exact) mass is 252 g/mol. The quantitative estimate of drug-likeness (QED) is 0.809. The molecule has 106 valence electrons. The number of hydrogen-bond acceptors (Lipinski definition) is 2. The molecule has 0 bridgehead atoms. The number of hydrogen-bond donors (Lipinski definition) is 1. The molecular formula is C16H32N2. The lowest BCUT2D eigenvalue weighted by Crippen LogP contribution is -2.40. The van der Waals surface area contributed by atoms with Crippen LogP contribution in [0.2, 0.25) is 0 Å². The Morgan fingerprint density at radius 2 is 1.72 bits per heavy atom. The molecule has 2 rings (SSSR count). The maximum atomic E-state index is 3.69. The minimum absolute atomic E-state index is 0.412. The zero-order valence-electron chi connectivity index (χ0n) is 13.1. The average molecular weight is 252 g/mol. The van der Waals surface area contributed by atoms with Crippen molar-refractivity contribution in [2.45, 2.75) is 59.9 Å². The first-order chi connectivity index (χ1) is 8.26. The molecule has 2 heteroatoms. The van der Waals surface area contributed by atoms with Crippen molar-refractivity contribution >= 4 is 0 Å². The van der Waals surface area contributed by atoms with Crippen LogP contribution in [0.25, 0.3) is 0 Å². The lowest BCUT2D eigenvalue weighted by molar-refractivity contribution is 0.177. The predicted molar refractivity (Wildman–Crippen MR) is 78.8 cm³/mol. The Hall–Kier alpha value is -0.0800. The van der Waals surface area contributed by atoms with E-state index in [4.69, 9.17) is 0 Å². The summed E-state index contributed by atoms with van der Waals surface area (Å²) < 4.78 is 0. The van der Waals surface area contributed by atoms with Gasteiger partial charge in [0.25, 0.3) is 0 Å². The van der Waals surface area contributed by atoms with Gasteiger partial charge in [-0.3, -0.25) is 0 Å². The van der Waals surface area contributed by atoms with Crippen molar-refractivity contribution in [1.29, 1.82) is 0 Å². The van der Waals surface area contributed by atoms with Crippen LogP contribution in [0.5, 0.6) is 0 Å². The topological polar surface area (TPSA) is 15.3 Å². The number of nitrogens with zero attached hydrogens (tertiary/aromatic N) is 1. The first-order valence-corrected chi connectivity index (χ1v) is 7.72. The van der Waals surface area contributed by atoms with Gasteiger partial charge in [0.2, 0.25) is 0 Å². The summed E-state index contributed by atoms with van der Waals surface area (Å²) in [5.74, 6) is 0.879. The maximum absolute atomic E-state index is 3.69. The highest BCUT2D eigenvalue weighted by Gasteiger charge is 2.34. The fourth-order valence-corrected chi connectivity index (χ4v) is 3.05.